The van der Waals surface area contributed by atoms with Gasteiger partial charge in [0.15, 0.2) is 0 Å². The van der Waals surface area contributed by atoms with Crippen LogP contribution in [0.25, 0.3) is 0 Å². The fourth-order valence-corrected chi connectivity index (χ4v) is 2.01. The van der Waals surface area contributed by atoms with E-state index in [0.29, 0.717) is 85.9 Å². The van der Waals surface area contributed by atoms with Gasteiger partial charge in [-0.05, 0) is 0 Å². The third-order valence-corrected chi connectivity index (χ3v) is 3.38. The summed E-state index contributed by atoms with van der Waals surface area (Å²) in [5.74, 6) is 0. The lowest BCUT2D eigenvalue weighted by atomic mass is 10.4. The minimum absolute atomic E-state index is 0.120. The Morgan fingerprint density at radius 3 is 1.42 bits per heavy atom. The lowest BCUT2D eigenvalue weighted by Crippen LogP contribution is -2.29. The van der Waals surface area contributed by atoms with Crippen LogP contribution in [0, 0.1) is 0 Å². The van der Waals surface area contributed by atoms with Crippen LogP contribution in [0.15, 0.2) is 0 Å². The molecule has 0 spiro atoms. The molecule has 2 saturated heterocycles. The zero-order chi connectivity index (χ0) is 16.7. The van der Waals surface area contributed by atoms with Gasteiger partial charge in [0.2, 0.25) is 0 Å². The van der Waals surface area contributed by atoms with Crippen LogP contribution in [-0.2, 0) is 37.9 Å². The Morgan fingerprint density at radius 2 is 0.917 bits per heavy atom. The van der Waals surface area contributed by atoms with Crippen LogP contribution in [0.1, 0.15) is 0 Å². The molecule has 2 atom stereocenters. The third-order valence-electron chi connectivity index (χ3n) is 3.38. The number of ether oxygens (including phenoxy) is 8. The first-order valence-corrected chi connectivity index (χ1v) is 8.65. The van der Waals surface area contributed by atoms with E-state index in [2.05, 4.69) is 0 Å². The van der Waals surface area contributed by atoms with Crippen LogP contribution >= 0.6 is 0 Å². The van der Waals surface area contributed by atoms with Crippen LogP contribution in [0.5, 0.6) is 0 Å². The first-order valence-electron chi connectivity index (χ1n) is 8.65. The summed E-state index contributed by atoms with van der Waals surface area (Å²) in [6.45, 7) is 7.75. The first-order chi connectivity index (χ1) is 11.9. The van der Waals surface area contributed by atoms with E-state index < -0.39 is 0 Å². The van der Waals surface area contributed by atoms with Gasteiger partial charge in [-0.3, -0.25) is 0 Å². The van der Waals surface area contributed by atoms with Gasteiger partial charge >= 0.3 is 0 Å². The van der Waals surface area contributed by atoms with Gasteiger partial charge in [-0.2, -0.15) is 0 Å². The number of hydrogen-bond acceptors (Lipinski definition) is 8. The molecule has 0 aromatic rings. The molecule has 0 aromatic carbocycles. The summed E-state index contributed by atoms with van der Waals surface area (Å²) in [4.78, 5) is 0. The van der Waals surface area contributed by atoms with Crippen molar-refractivity contribution in [3.63, 3.8) is 0 Å². The summed E-state index contributed by atoms with van der Waals surface area (Å²) in [6, 6.07) is 0. The molecule has 2 rings (SSSR count). The maximum atomic E-state index is 5.77. The van der Waals surface area contributed by atoms with E-state index in [1.807, 2.05) is 0 Å². The lowest BCUT2D eigenvalue weighted by Gasteiger charge is -2.18. The fourth-order valence-electron chi connectivity index (χ4n) is 2.01. The minimum Gasteiger partial charge on any atom is -0.377 e. The van der Waals surface area contributed by atoms with Crippen LogP contribution < -0.4 is 0 Å². The van der Waals surface area contributed by atoms with Crippen molar-refractivity contribution in [1.82, 2.24) is 0 Å². The second kappa shape index (κ2) is 13.9. The summed E-state index contributed by atoms with van der Waals surface area (Å²) in [5.41, 5.74) is 0. The summed E-state index contributed by atoms with van der Waals surface area (Å²) in [6.07, 6.45) is 0.134. The second-order valence-electron chi connectivity index (χ2n) is 5.51. The number of epoxide rings is 1. The molecular weight excluding hydrogens is 320 g/mol. The SMILES string of the molecule is C1COCCOCCOC(COCC2CO2)COCCOCCO1. The molecule has 142 valence electrons. The maximum Gasteiger partial charge on any atom is 0.104 e. The van der Waals surface area contributed by atoms with Crippen molar-refractivity contribution in [1.29, 1.82) is 0 Å². The standard InChI is InChI=1S/C16H30O8/c1-2-18-5-6-20-9-10-23-15(12-22-13-16-14-24-16)11-21-8-7-19-4-3-17-1/h15-16H,1-14H2. The van der Waals surface area contributed by atoms with Gasteiger partial charge in [-0.1, -0.05) is 0 Å². The van der Waals surface area contributed by atoms with E-state index in [4.69, 9.17) is 37.9 Å². The molecule has 0 saturated carbocycles. The molecule has 2 aliphatic rings. The van der Waals surface area contributed by atoms with Crippen LogP contribution in [0.2, 0.25) is 0 Å². The summed E-state index contributed by atoms with van der Waals surface area (Å²) in [7, 11) is 0. The number of rotatable bonds is 4. The molecule has 0 aliphatic carbocycles. The zero-order valence-electron chi connectivity index (χ0n) is 14.3. The van der Waals surface area contributed by atoms with E-state index in [1.165, 1.54) is 0 Å². The van der Waals surface area contributed by atoms with Gasteiger partial charge in [0.1, 0.15) is 12.2 Å². The van der Waals surface area contributed by atoms with Crippen molar-refractivity contribution in [2.75, 3.05) is 92.5 Å². The van der Waals surface area contributed by atoms with E-state index in [1.54, 1.807) is 0 Å². The van der Waals surface area contributed by atoms with Gasteiger partial charge in [-0.25, -0.2) is 0 Å². The van der Waals surface area contributed by atoms with Crippen LogP contribution in [-0.4, -0.2) is 105 Å². The molecule has 0 bridgehead atoms. The quantitative estimate of drug-likeness (QED) is 0.650. The molecule has 8 heteroatoms. The Labute approximate surface area is 143 Å². The molecule has 2 heterocycles. The van der Waals surface area contributed by atoms with Crippen molar-refractivity contribution in [2.24, 2.45) is 0 Å². The van der Waals surface area contributed by atoms with Gasteiger partial charge in [0.05, 0.1) is 92.5 Å². The van der Waals surface area contributed by atoms with E-state index in [0.717, 1.165) is 6.61 Å². The zero-order valence-corrected chi connectivity index (χ0v) is 14.3. The smallest absolute Gasteiger partial charge is 0.104 e. The van der Waals surface area contributed by atoms with E-state index in [-0.39, 0.29) is 12.2 Å². The molecular formula is C16H30O8. The van der Waals surface area contributed by atoms with Gasteiger partial charge < -0.3 is 37.9 Å². The summed E-state index contributed by atoms with van der Waals surface area (Å²) >= 11 is 0. The lowest BCUT2D eigenvalue weighted by molar-refractivity contribution is -0.0853. The van der Waals surface area contributed by atoms with Crippen molar-refractivity contribution < 1.29 is 37.9 Å². The molecule has 0 N–H and O–H groups in total. The third kappa shape index (κ3) is 11.3. The molecule has 2 aliphatic heterocycles. The Kier molecular flexibility index (Phi) is 11.6. The molecule has 24 heavy (non-hydrogen) atoms. The molecule has 2 fully saturated rings. The van der Waals surface area contributed by atoms with Gasteiger partial charge in [0.25, 0.3) is 0 Å². The molecule has 8 nitrogen and oxygen atoms in total. The predicted molar refractivity (Wildman–Crippen MR) is 84.4 cm³/mol. The topological polar surface area (TPSA) is 77.1 Å². The van der Waals surface area contributed by atoms with E-state index >= 15 is 0 Å². The predicted octanol–water partition coefficient (Wildman–Crippen LogP) is -0.116. The molecule has 0 radical (unpaired) electrons. The Bertz CT molecular complexity index is 269. The number of hydrogen-bond donors (Lipinski definition) is 0. The maximum absolute atomic E-state index is 5.77. The Hall–Kier alpha value is -0.320. The molecule has 0 amide bonds. The Balaban J connectivity index is 1.60. The molecule has 2 unspecified atom stereocenters. The average molecular weight is 350 g/mol. The summed E-state index contributed by atoms with van der Waals surface area (Å²) in [5, 5.41) is 0. The largest absolute Gasteiger partial charge is 0.377 e. The average Bonchev–Trinajstić information content (AvgIpc) is 3.40. The highest BCUT2D eigenvalue weighted by molar-refractivity contribution is 4.68. The van der Waals surface area contributed by atoms with Gasteiger partial charge in [0, 0.05) is 0 Å². The normalized spacial score (nSPS) is 29.5. The summed E-state index contributed by atoms with van der Waals surface area (Å²) < 4.78 is 43.8. The Morgan fingerprint density at radius 1 is 0.500 bits per heavy atom. The van der Waals surface area contributed by atoms with Crippen molar-refractivity contribution >= 4 is 0 Å². The van der Waals surface area contributed by atoms with Crippen LogP contribution in [0.4, 0.5) is 0 Å². The van der Waals surface area contributed by atoms with Crippen molar-refractivity contribution in [2.45, 2.75) is 12.2 Å². The molecule has 0 aromatic heterocycles. The fraction of sp³-hybridized carbons (Fsp3) is 1.00. The van der Waals surface area contributed by atoms with Crippen LogP contribution in [0.3, 0.4) is 0 Å². The minimum atomic E-state index is -0.120. The highest BCUT2D eigenvalue weighted by Gasteiger charge is 2.23. The highest BCUT2D eigenvalue weighted by atomic mass is 16.6. The van der Waals surface area contributed by atoms with E-state index in [9.17, 15) is 0 Å². The van der Waals surface area contributed by atoms with Gasteiger partial charge in [-0.15, -0.1) is 0 Å². The first kappa shape index (κ1) is 20.0. The monoisotopic (exact) mass is 350 g/mol. The highest BCUT2D eigenvalue weighted by Crippen LogP contribution is 2.09. The van der Waals surface area contributed by atoms with Crippen molar-refractivity contribution in [3.8, 4) is 0 Å². The second-order valence-corrected chi connectivity index (χ2v) is 5.51. The van der Waals surface area contributed by atoms with Crippen molar-refractivity contribution in [3.05, 3.63) is 0 Å².